The Morgan fingerprint density at radius 1 is 1.06 bits per heavy atom. The van der Waals surface area contributed by atoms with E-state index >= 15 is 0 Å². The molecular formula is C21H21N5O5S2. The molecule has 1 aliphatic rings. The van der Waals surface area contributed by atoms with Crippen LogP contribution in [0.15, 0.2) is 46.8 Å². The maximum absolute atomic E-state index is 12.1. The summed E-state index contributed by atoms with van der Waals surface area (Å²) in [5.74, 6) is 2.02. The molecule has 33 heavy (non-hydrogen) atoms. The number of methoxy groups -OCH3 is 1. The molecule has 3 aromatic rings. The third-order valence-corrected chi connectivity index (χ3v) is 6.33. The van der Waals surface area contributed by atoms with Gasteiger partial charge in [-0.1, -0.05) is 23.1 Å². The molecule has 0 unspecified atom stereocenters. The van der Waals surface area contributed by atoms with E-state index in [0.29, 0.717) is 41.3 Å². The fourth-order valence-electron chi connectivity index (χ4n) is 2.82. The number of amides is 3. The molecule has 3 amide bonds. The van der Waals surface area contributed by atoms with E-state index in [1.807, 2.05) is 24.3 Å². The molecule has 1 aliphatic heterocycles. The van der Waals surface area contributed by atoms with Crippen LogP contribution in [0.5, 0.6) is 17.2 Å². The van der Waals surface area contributed by atoms with Gasteiger partial charge >= 0.3 is 6.03 Å². The number of ether oxygens (including phenoxy) is 3. The molecular weight excluding hydrogens is 466 g/mol. The number of urea groups is 1. The molecule has 0 atom stereocenters. The number of benzene rings is 2. The lowest BCUT2D eigenvalue weighted by atomic mass is 10.2. The van der Waals surface area contributed by atoms with Crippen LogP contribution in [0.4, 0.5) is 21.3 Å². The van der Waals surface area contributed by atoms with Crippen molar-refractivity contribution < 1.29 is 23.8 Å². The molecule has 10 nitrogen and oxygen atoms in total. The number of carbonyl (C=O) groups is 2. The van der Waals surface area contributed by atoms with Gasteiger partial charge in [-0.3, -0.25) is 10.1 Å². The van der Waals surface area contributed by atoms with Gasteiger partial charge in [-0.15, -0.1) is 10.2 Å². The van der Waals surface area contributed by atoms with E-state index in [0.717, 1.165) is 15.8 Å². The summed E-state index contributed by atoms with van der Waals surface area (Å²) in [4.78, 5) is 24.2. The number of thioether (sulfide) groups is 1. The van der Waals surface area contributed by atoms with Gasteiger partial charge in [-0.2, -0.15) is 0 Å². The van der Waals surface area contributed by atoms with E-state index in [9.17, 15) is 9.59 Å². The number of anilines is 3. The summed E-state index contributed by atoms with van der Waals surface area (Å²) in [6, 6.07) is 11.9. The minimum absolute atomic E-state index is 0.153. The highest BCUT2D eigenvalue weighted by Gasteiger charge is 2.14. The van der Waals surface area contributed by atoms with Crippen LogP contribution < -0.4 is 30.2 Å². The van der Waals surface area contributed by atoms with E-state index in [1.54, 1.807) is 25.3 Å². The first kappa shape index (κ1) is 22.7. The Balaban J connectivity index is 1.18. The van der Waals surface area contributed by atoms with E-state index < -0.39 is 11.9 Å². The van der Waals surface area contributed by atoms with Gasteiger partial charge in [0, 0.05) is 29.6 Å². The number of hydrogen-bond donors (Lipinski definition) is 3. The smallest absolute Gasteiger partial charge is 0.325 e. The molecule has 0 spiro atoms. The maximum atomic E-state index is 12.1. The minimum Gasteiger partial charge on any atom is -0.497 e. The van der Waals surface area contributed by atoms with Crippen molar-refractivity contribution in [2.24, 2.45) is 0 Å². The molecule has 0 saturated heterocycles. The van der Waals surface area contributed by atoms with Gasteiger partial charge in [0.05, 0.1) is 7.11 Å². The van der Waals surface area contributed by atoms with E-state index in [4.69, 9.17) is 14.2 Å². The minimum atomic E-state index is -0.608. The summed E-state index contributed by atoms with van der Waals surface area (Å²) in [6.45, 7) is 0.941. The molecule has 1 aromatic heterocycles. The Hall–Kier alpha value is -3.51. The van der Waals surface area contributed by atoms with Crippen molar-refractivity contribution >= 4 is 51.5 Å². The molecule has 4 rings (SSSR count). The highest BCUT2D eigenvalue weighted by atomic mass is 32.2. The third kappa shape index (κ3) is 6.49. The molecule has 0 bridgehead atoms. The maximum Gasteiger partial charge on any atom is 0.325 e. The van der Waals surface area contributed by atoms with Gasteiger partial charge in [0.1, 0.15) is 19.0 Å². The van der Waals surface area contributed by atoms with Crippen molar-refractivity contribution in [3.05, 3.63) is 42.5 Å². The molecule has 0 saturated carbocycles. The van der Waals surface area contributed by atoms with Crippen LogP contribution in [-0.2, 0) is 4.79 Å². The molecule has 12 heteroatoms. The van der Waals surface area contributed by atoms with Crippen LogP contribution in [0.2, 0.25) is 0 Å². The Kier molecular flexibility index (Phi) is 7.47. The normalized spacial score (nSPS) is 12.0. The van der Waals surface area contributed by atoms with Gasteiger partial charge in [0.15, 0.2) is 15.8 Å². The fraction of sp³-hybridized carbons (Fsp3) is 0.238. The number of imide groups is 1. The predicted octanol–water partition coefficient (Wildman–Crippen LogP) is 3.89. The number of aromatic nitrogens is 2. The number of nitrogens with one attached hydrogen (secondary N) is 3. The van der Waals surface area contributed by atoms with E-state index in [1.165, 1.54) is 23.1 Å². The van der Waals surface area contributed by atoms with Crippen LogP contribution in [0.25, 0.3) is 0 Å². The average Bonchev–Trinajstić information content (AvgIpc) is 3.26. The van der Waals surface area contributed by atoms with Crippen LogP contribution >= 0.6 is 23.1 Å². The Morgan fingerprint density at radius 3 is 2.61 bits per heavy atom. The predicted molar refractivity (Wildman–Crippen MR) is 126 cm³/mol. The zero-order chi connectivity index (χ0) is 23.0. The Morgan fingerprint density at radius 2 is 1.82 bits per heavy atom. The summed E-state index contributed by atoms with van der Waals surface area (Å²) in [5, 5.41) is 16.9. The van der Waals surface area contributed by atoms with Gasteiger partial charge in [-0.05, 0) is 36.4 Å². The van der Waals surface area contributed by atoms with Crippen molar-refractivity contribution in [1.82, 2.24) is 15.5 Å². The van der Waals surface area contributed by atoms with Crippen molar-refractivity contribution in [2.75, 3.05) is 36.7 Å². The number of fused-ring (bicyclic) bond motifs is 1. The number of hydrogen-bond acceptors (Lipinski definition) is 10. The number of nitrogens with zero attached hydrogens (tertiary/aromatic N) is 2. The highest BCUT2D eigenvalue weighted by Crippen LogP contribution is 2.32. The molecule has 3 N–H and O–H groups in total. The zero-order valence-electron chi connectivity index (χ0n) is 17.6. The van der Waals surface area contributed by atoms with Gasteiger partial charge in [-0.25, -0.2) is 4.79 Å². The SMILES string of the molecule is COc1ccc(Nc2nnc(SCCC(=O)NC(=O)Nc3ccc4c(c3)OCCO4)s2)cc1. The van der Waals surface area contributed by atoms with Crippen LogP contribution in [-0.4, -0.2) is 48.2 Å². The third-order valence-electron chi connectivity index (χ3n) is 4.36. The first-order valence-electron chi connectivity index (χ1n) is 9.97. The summed E-state index contributed by atoms with van der Waals surface area (Å²) >= 11 is 2.78. The number of rotatable bonds is 8. The van der Waals surface area contributed by atoms with E-state index in [2.05, 4.69) is 26.1 Å². The first-order valence-corrected chi connectivity index (χ1v) is 11.8. The second-order valence-electron chi connectivity index (χ2n) is 6.69. The second kappa shape index (κ2) is 10.9. The molecule has 0 fully saturated rings. The Labute approximate surface area is 198 Å². The molecule has 2 heterocycles. The largest absolute Gasteiger partial charge is 0.497 e. The quantitative estimate of drug-likeness (QED) is 0.406. The van der Waals surface area contributed by atoms with Crippen LogP contribution in [0.3, 0.4) is 0 Å². The van der Waals surface area contributed by atoms with E-state index in [-0.39, 0.29) is 6.42 Å². The molecule has 0 radical (unpaired) electrons. The van der Waals surface area contributed by atoms with Crippen molar-refractivity contribution in [2.45, 2.75) is 10.8 Å². The lowest BCUT2D eigenvalue weighted by Gasteiger charge is -2.19. The van der Waals surface area contributed by atoms with Crippen LogP contribution in [0, 0.1) is 0 Å². The van der Waals surface area contributed by atoms with Crippen molar-refractivity contribution in [3.8, 4) is 17.2 Å². The fourth-order valence-corrected chi connectivity index (χ4v) is 4.60. The average molecular weight is 488 g/mol. The summed E-state index contributed by atoms with van der Waals surface area (Å²) in [6.07, 6.45) is 0.153. The summed E-state index contributed by atoms with van der Waals surface area (Å²) in [5.41, 5.74) is 1.37. The lowest BCUT2D eigenvalue weighted by molar-refractivity contribution is -0.119. The summed E-state index contributed by atoms with van der Waals surface area (Å²) < 4.78 is 16.8. The first-order chi connectivity index (χ1) is 16.1. The molecule has 172 valence electrons. The lowest BCUT2D eigenvalue weighted by Crippen LogP contribution is -2.34. The molecule has 2 aromatic carbocycles. The summed E-state index contributed by atoms with van der Waals surface area (Å²) in [7, 11) is 1.61. The zero-order valence-corrected chi connectivity index (χ0v) is 19.3. The standard InChI is InChI=1S/C21H21N5O5S2/c1-29-15-5-2-13(3-6-15)23-20-25-26-21(33-20)32-11-8-18(27)24-19(28)22-14-4-7-16-17(12-14)31-10-9-30-16/h2-7,12H,8-11H2,1H3,(H,23,25)(H2,22,24,27,28). The topological polar surface area (TPSA) is 124 Å². The van der Waals surface area contributed by atoms with Gasteiger partial charge in [0.2, 0.25) is 11.0 Å². The molecule has 0 aliphatic carbocycles. The number of carbonyl (C=O) groups excluding carboxylic acids is 2. The Bertz CT molecular complexity index is 1120. The second-order valence-corrected chi connectivity index (χ2v) is 9.01. The van der Waals surface area contributed by atoms with Gasteiger partial charge in [0.25, 0.3) is 0 Å². The van der Waals surface area contributed by atoms with Crippen molar-refractivity contribution in [1.29, 1.82) is 0 Å². The monoisotopic (exact) mass is 487 g/mol. The van der Waals surface area contributed by atoms with Gasteiger partial charge < -0.3 is 24.8 Å². The van der Waals surface area contributed by atoms with Crippen molar-refractivity contribution in [3.63, 3.8) is 0 Å². The highest BCUT2D eigenvalue weighted by molar-refractivity contribution is 8.01. The van der Waals surface area contributed by atoms with Crippen LogP contribution in [0.1, 0.15) is 6.42 Å².